The van der Waals surface area contributed by atoms with Crippen LogP contribution in [0.25, 0.3) is 0 Å². The van der Waals surface area contributed by atoms with E-state index in [1.807, 2.05) is 0 Å². The fraction of sp³-hybridized carbons (Fsp3) is 0.600. The van der Waals surface area contributed by atoms with E-state index < -0.39 is 0 Å². The van der Waals surface area contributed by atoms with Gasteiger partial charge in [-0.3, -0.25) is 0 Å². The van der Waals surface area contributed by atoms with Crippen LogP contribution in [0.5, 0.6) is 0 Å². The van der Waals surface area contributed by atoms with Crippen molar-refractivity contribution < 1.29 is 4.74 Å². The van der Waals surface area contributed by atoms with Gasteiger partial charge in [0, 0.05) is 31.9 Å². The van der Waals surface area contributed by atoms with Gasteiger partial charge in [0.05, 0.1) is 6.61 Å². The lowest BCUT2D eigenvalue weighted by molar-refractivity contribution is 0.0547. The minimum Gasteiger partial charge on any atom is -0.384 e. The third-order valence-electron chi connectivity index (χ3n) is 3.94. The van der Waals surface area contributed by atoms with Gasteiger partial charge in [-0.15, -0.1) is 0 Å². The van der Waals surface area contributed by atoms with E-state index in [0.29, 0.717) is 5.92 Å². The van der Waals surface area contributed by atoms with Crippen molar-refractivity contribution in [3.63, 3.8) is 0 Å². The van der Waals surface area contributed by atoms with Gasteiger partial charge in [0.25, 0.3) is 0 Å². The molecular weight excluding hydrogens is 224 g/mol. The molecule has 18 heavy (non-hydrogen) atoms. The average Bonchev–Trinajstić information content (AvgIpc) is 2.89. The molecule has 0 saturated carbocycles. The number of benzene rings is 1. The van der Waals surface area contributed by atoms with E-state index in [-0.39, 0.29) is 0 Å². The fourth-order valence-electron chi connectivity index (χ4n) is 2.94. The molecule has 1 atom stereocenters. The van der Waals surface area contributed by atoms with Crippen molar-refractivity contribution in [2.75, 3.05) is 31.6 Å². The molecule has 1 aromatic carbocycles. The van der Waals surface area contributed by atoms with E-state index in [1.54, 1.807) is 0 Å². The van der Waals surface area contributed by atoms with Gasteiger partial charge < -0.3 is 15.4 Å². The monoisotopic (exact) mass is 246 g/mol. The number of nitrogens with one attached hydrogen (secondary N) is 2. The maximum absolute atomic E-state index is 5.51. The standard InChI is InChI=1S/C15H22N2O/c1-4-13-6-7-17-15(13)14(5-1)10-16-9-12-3-2-8-18-11-12/h1,4-5,12,16-17H,2-3,6-11H2. The van der Waals surface area contributed by atoms with Gasteiger partial charge >= 0.3 is 0 Å². The first-order chi connectivity index (χ1) is 8.93. The van der Waals surface area contributed by atoms with Crippen LogP contribution in [0.3, 0.4) is 0 Å². The maximum atomic E-state index is 5.51. The van der Waals surface area contributed by atoms with Crippen LogP contribution in [-0.2, 0) is 17.7 Å². The van der Waals surface area contributed by atoms with Gasteiger partial charge in [0.15, 0.2) is 0 Å². The fourth-order valence-corrected chi connectivity index (χ4v) is 2.94. The SMILES string of the molecule is c1cc2c(c(CNCC3CCCOC3)c1)NCC2. The Labute approximate surface area is 109 Å². The minimum absolute atomic E-state index is 0.698. The molecule has 3 nitrogen and oxygen atoms in total. The van der Waals surface area contributed by atoms with E-state index >= 15 is 0 Å². The third kappa shape index (κ3) is 2.68. The molecule has 0 aromatic heterocycles. The Bertz CT molecular complexity index is 399. The van der Waals surface area contributed by atoms with Gasteiger partial charge in [-0.25, -0.2) is 0 Å². The van der Waals surface area contributed by atoms with Crippen LogP contribution in [0.15, 0.2) is 18.2 Å². The Morgan fingerprint density at radius 2 is 2.39 bits per heavy atom. The minimum atomic E-state index is 0.698. The van der Waals surface area contributed by atoms with Crippen molar-refractivity contribution in [2.24, 2.45) is 5.92 Å². The van der Waals surface area contributed by atoms with Crippen LogP contribution in [0.2, 0.25) is 0 Å². The molecule has 0 amide bonds. The number of rotatable bonds is 4. The van der Waals surface area contributed by atoms with Crippen molar-refractivity contribution >= 4 is 5.69 Å². The topological polar surface area (TPSA) is 33.3 Å². The van der Waals surface area contributed by atoms with Crippen LogP contribution in [-0.4, -0.2) is 26.3 Å². The molecule has 2 aliphatic rings. The lowest BCUT2D eigenvalue weighted by atomic mass is 10.0. The molecule has 3 rings (SSSR count). The number of anilines is 1. The second-order valence-corrected chi connectivity index (χ2v) is 5.34. The molecule has 1 saturated heterocycles. The van der Waals surface area contributed by atoms with Crippen LogP contribution in [0.4, 0.5) is 5.69 Å². The first kappa shape index (κ1) is 12.0. The lowest BCUT2D eigenvalue weighted by Gasteiger charge is -2.22. The highest BCUT2D eigenvalue weighted by molar-refractivity contribution is 5.61. The Morgan fingerprint density at radius 1 is 1.39 bits per heavy atom. The molecule has 2 N–H and O–H groups in total. The van der Waals surface area contributed by atoms with E-state index in [4.69, 9.17) is 4.74 Å². The molecule has 0 radical (unpaired) electrons. The molecule has 1 fully saturated rings. The lowest BCUT2D eigenvalue weighted by Crippen LogP contribution is -2.29. The summed E-state index contributed by atoms with van der Waals surface area (Å²) in [4.78, 5) is 0. The predicted molar refractivity (Wildman–Crippen MR) is 73.9 cm³/mol. The number of ether oxygens (including phenoxy) is 1. The van der Waals surface area contributed by atoms with E-state index in [2.05, 4.69) is 28.8 Å². The van der Waals surface area contributed by atoms with Gasteiger partial charge in [-0.05, 0) is 36.3 Å². The zero-order chi connectivity index (χ0) is 12.2. The highest BCUT2D eigenvalue weighted by atomic mass is 16.5. The Hall–Kier alpha value is -1.06. The molecule has 0 bridgehead atoms. The number of fused-ring (bicyclic) bond motifs is 1. The van der Waals surface area contributed by atoms with Crippen LogP contribution in [0.1, 0.15) is 24.0 Å². The second-order valence-electron chi connectivity index (χ2n) is 5.34. The Morgan fingerprint density at radius 3 is 3.28 bits per heavy atom. The molecule has 3 heteroatoms. The van der Waals surface area contributed by atoms with Crippen LogP contribution in [0, 0.1) is 5.92 Å². The summed E-state index contributed by atoms with van der Waals surface area (Å²) in [6.45, 7) is 5.00. The molecule has 1 aromatic rings. The van der Waals surface area contributed by atoms with Crippen LogP contribution < -0.4 is 10.6 Å². The first-order valence-corrected chi connectivity index (χ1v) is 7.06. The summed E-state index contributed by atoms with van der Waals surface area (Å²) in [5, 5.41) is 7.07. The predicted octanol–water partition coefficient (Wildman–Crippen LogP) is 2.17. The molecule has 2 aliphatic heterocycles. The van der Waals surface area contributed by atoms with E-state index in [0.717, 1.165) is 32.8 Å². The highest BCUT2D eigenvalue weighted by Gasteiger charge is 2.15. The first-order valence-electron chi connectivity index (χ1n) is 7.06. The van der Waals surface area contributed by atoms with Crippen molar-refractivity contribution in [3.05, 3.63) is 29.3 Å². The summed E-state index contributed by atoms with van der Waals surface area (Å²) in [5.41, 5.74) is 4.24. The van der Waals surface area contributed by atoms with Crippen molar-refractivity contribution in [1.29, 1.82) is 0 Å². The summed E-state index contributed by atoms with van der Waals surface area (Å²) in [5.74, 6) is 0.698. The second kappa shape index (κ2) is 5.72. The molecule has 0 aliphatic carbocycles. The van der Waals surface area contributed by atoms with Gasteiger partial charge in [0.2, 0.25) is 0 Å². The van der Waals surface area contributed by atoms with Gasteiger partial charge in [0.1, 0.15) is 0 Å². The quantitative estimate of drug-likeness (QED) is 0.854. The average molecular weight is 246 g/mol. The summed E-state index contributed by atoms with van der Waals surface area (Å²) >= 11 is 0. The molecule has 2 heterocycles. The third-order valence-corrected chi connectivity index (χ3v) is 3.94. The largest absolute Gasteiger partial charge is 0.384 e. The normalized spacial score (nSPS) is 22.6. The summed E-state index contributed by atoms with van der Waals surface area (Å²) < 4.78 is 5.51. The summed E-state index contributed by atoms with van der Waals surface area (Å²) in [6.07, 6.45) is 3.69. The molecule has 0 spiro atoms. The van der Waals surface area contributed by atoms with Crippen LogP contribution >= 0.6 is 0 Å². The van der Waals surface area contributed by atoms with Crippen molar-refractivity contribution in [2.45, 2.75) is 25.8 Å². The molecule has 98 valence electrons. The molecule has 1 unspecified atom stereocenters. The zero-order valence-corrected chi connectivity index (χ0v) is 10.9. The number of hydrogen-bond acceptors (Lipinski definition) is 3. The maximum Gasteiger partial charge on any atom is 0.0506 e. The Balaban J connectivity index is 1.52. The van der Waals surface area contributed by atoms with Crippen molar-refractivity contribution in [3.8, 4) is 0 Å². The highest BCUT2D eigenvalue weighted by Crippen LogP contribution is 2.26. The summed E-state index contributed by atoms with van der Waals surface area (Å²) in [7, 11) is 0. The molecular formula is C15H22N2O. The van der Waals surface area contributed by atoms with Gasteiger partial charge in [-0.2, -0.15) is 0 Å². The number of para-hydroxylation sites is 1. The smallest absolute Gasteiger partial charge is 0.0506 e. The van der Waals surface area contributed by atoms with Crippen molar-refractivity contribution in [1.82, 2.24) is 5.32 Å². The zero-order valence-electron chi connectivity index (χ0n) is 10.9. The number of hydrogen-bond donors (Lipinski definition) is 2. The Kier molecular flexibility index (Phi) is 3.81. The van der Waals surface area contributed by atoms with E-state index in [9.17, 15) is 0 Å². The van der Waals surface area contributed by atoms with Gasteiger partial charge in [-0.1, -0.05) is 18.2 Å². The summed E-state index contributed by atoms with van der Waals surface area (Å²) in [6, 6.07) is 6.63. The van der Waals surface area contributed by atoms with E-state index in [1.165, 1.54) is 36.1 Å².